The minimum Gasteiger partial charge on any atom is -0.494 e. The summed E-state index contributed by atoms with van der Waals surface area (Å²) < 4.78 is 6.75. The zero-order valence-corrected chi connectivity index (χ0v) is 13.1. The molecule has 2 aromatic rings. The molecular weight excluding hydrogens is 324 g/mol. The van der Waals surface area contributed by atoms with Gasteiger partial charge in [-0.15, -0.1) is 0 Å². The number of hydrogen-bond acceptors (Lipinski definition) is 5. The minimum absolute atomic E-state index is 0.113. The topological polar surface area (TPSA) is 99.3 Å². The van der Waals surface area contributed by atoms with Crippen molar-refractivity contribution in [3.8, 4) is 5.75 Å². The molecule has 23 heavy (non-hydrogen) atoms. The molecule has 0 aliphatic carbocycles. The number of nitrogens with zero attached hydrogens (tertiary/aromatic N) is 3. The van der Waals surface area contributed by atoms with Crippen molar-refractivity contribution in [3.63, 3.8) is 0 Å². The Balaban J connectivity index is 2.03. The third kappa shape index (κ3) is 4.68. The molecule has 0 saturated heterocycles. The lowest BCUT2D eigenvalue weighted by molar-refractivity contribution is -0.384. The number of ether oxygens (including phenoxy) is 1. The van der Waals surface area contributed by atoms with Crippen LogP contribution in [0.2, 0.25) is 5.02 Å². The van der Waals surface area contributed by atoms with Crippen molar-refractivity contribution in [3.05, 3.63) is 45.7 Å². The van der Waals surface area contributed by atoms with Crippen molar-refractivity contribution in [1.82, 2.24) is 9.78 Å². The van der Waals surface area contributed by atoms with Crippen LogP contribution in [0.5, 0.6) is 5.75 Å². The summed E-state index contributed by atoms with van der Waals surface area (Å²) in [5.74, 6) is 0.0206. The molecule has 0 spiro atoms. The van der Waals surface area contributed by atoms with E-state index >= 15 is 0 Å². The summed E-state index contributed by atoms with van der Waals surface area (Å²) in [5.41, 5.74) is -0.0895. The summed E-state index contributed by atoms with van der Waals surface area (Å²) in [7, 11) is 0. The number of hydrogen-bond donors (Lipinski definition) is 1. The number of anilines is 1. The molecule has 1 aromatic carbocycles. The fourth-order valence-electron chi connectivity index (χ4n) is 1.91. The number of amides is 1. The van der Waals surface area contributed by atoms with E-state index < -0.39 is 4.92 Å². The Hall–Kier alpha value is -2.61. The molecule has 9 heteroatoms. The standard InChI is InChI=1S/C14H15ClN4O4/c1-2-23-11-3-4-12(13(7-11)19(21)22)17-14(20)5-6-18-9-10(15)8-16-18/h3-4,7-9H,2,5-6H2,1H3,(H,17,20). The van der Waals surface area contributed by atoms with Gasteiger partial charge in [0, 0.05) is 19.2 Å². The number of nitro groups is 1. The van der Waals surface area contributed by atoms with E-state index in [0.717, 1.165) is 0 Å². The van der Waals surface area contributed by atoms with E-state index in [9.17, 15) is 14.9 Å². The predicted octanol–water partition coefficient (Wildman–Crippen LogP) is 2.87. The number of nitro benzene ring substituents is 1. The van der Waals surface area contributed by atoms with E-state index in [4.69, 9.17) is 16.3 Å². The van der Waals surface area contributed by atoms with Gasteiger partial charge in [0.05, 0.1) is 28.8 Å². The average Bonchev–Trinajstić information content (AvgIpc) is 2.92. The number of nitrogens with one attached hydrogen (secondary N) is 1. The summed E-state index contributed by atoms with van der Waals surface area (Å²) >= 11 is 5.73. The van der Waals surface area contributed by atoms with E-state index in [0.29, 0.717) is 23.9 Å². The van der Waals surface area contributed by atoms with Gasteiger partial charge in [0.1, 0.15) is 11.4 Å². The Morgan fingerprint density at radius 1 is 1.52 bits per heavy atom. The van der Waals surface area contributed by atoms with Gasteiger partial charge < -0.3 is 10.1 Å². The van der Waals surface area contributed by atoms with Crippen LogP contribution in [0.4, 0.5) is 11.4 Å². The highest BCUT2D eigenvalue weighted by atomic mass is 35.5. The second-order valence-corrected chi connectivity index (χ2v) is 5.03. The van der Waals surface area contributed by atoms with Crippen LogP contribution in [0.25, 0.3) is 0 Å². The molecule has 0 unspecified atom stereocenters. The zero-order chi connectivity index (χ0) is 16.8. The first kappa shape index (κ1) is 16.8. The van der Waals surface area contributed by atoms with Gasteiger partial charge >= 0.3 is 0 Å². The molecule has 0 fully saturated rings. The summed E-state index contributed by atoms with van der Waals surface area (Å²) in [6, 6.07) is 4.30. The molecule has 0 aliphatic heterocycles. The van der Waals surface area contributed by atoms with Crippen LogP contribution in [0.15, 0.2) is 30.6 Å². The van der Waals surface area contributed by atoms with Crippen LogP contribution in [-0.2, 0) is 11.3 Å². The molecule has 2 rings (SSSR count). The van der Waals surface area contributed by atoms with Crippen LogP contribution in [0, 0.1) is 10.1 Å². The summed E-state index contributed by atoms with van der Waals surface area (Å²) in [6.45, 7) is 2.50. The fourth-order valence-corrected chi connectivity index (χ4v) is 2.07. The number of rotatable bonds is 7. The number of aromatic nitrogens is 2. The van der Waals surface area contributed by atoms with Crippen molar-refractivity contribution in [2.45, 2.75) is 19.9 Å². The average molecular weight is 339 g/mol. The van der Waals surface area contributed by atoms with Gasteiger partial charge in [-0.3, -0.25) is 19.6 Å². The van der Waals surface area contributed by atoms with E-state index in [1.807, 2.05) is 0 Å². The van der Waals surface area contributed by atoms with Crippen molar-refractivity contribution in [1.29, 1.82) is 0 Å². The second-order valence-electron chi connectivity index (χ2n) is 4.59. The van der Waals surface area contributed by atoms with Crippen LogP contribution < -0.4 is 10.1 Å². The van der Waals surface area contributed by atoms with Crippen molar-refractivity contribution in [2.75, 3.05) is 11.9 Å². The third-order valence-electron chi connectivity index (χ3n) is 2.92. The maximum absolute atomic E-state index is 11.9. The van der Waals surface area contributed by atoms with Gasteiger partial charge in [-0.1, -0.05) is 11.6 Å². The molecule has 0 aliphatic rings. The third-order valence-corrected chi connectivity index (χ3v) is 3.12. The molecule has 1 heterocycles. The lowest BCUT2D eigenvalue weighted by Crippen LogP contribution is -2.15. The summed E-state index contributed by atoms with van der Waals surface area (Å²) in [4.78, 5) is 22.5. The quantitative estimate of drug-likeness (QED) is 0.618. The van der Waals surface area contributed by atoms with E-state index in [1.165, 1.54) is 23.0 Å². The molecule has 0 radical (unpaired) electrons. The van der Waals surface area contributed by atoms with Crippen LogP contribution >= 0.6 is 11.6 Å². The Bertz CT molecular complexity index is 717. The van der Waals surface area contributed by atoms with Crippen LogP contribution in [0.1, 0.15) is 13.3 Å². The highest BCUT2D eigenvalue weighted by Gasteiger charge is 2.17. The van der Waals surface area contributed by atoms with Crippen molar-refractivity contribution >= 4 is 28.9 Å². The van der Waals surface area contributed by atoms with Gasteiger partial charge in [-0.25, -0.2) is 0 Å². The van der Waals surface area contributed by atoms with Crippen molar-refractivity contribution in [2.24, 2.45) is 0 Å². The first-order valence-corrected chi connectivity index (χ1v) is 7.26. The van der Waals surface area contributed by atoms with Gasteiger partial charge in [0.15, 0.2) is 0 Å². The van der Waals surface area contributed by atoms with Gasteiger partial charge in [-0.05, 0) is 19.1 Å². The first-order valence-electron chi connectivity index (χ1n) is 6.88. The highest BCUT2D eigenvalue weighted by molar-refractivity contribution is 6.30. The van der Waals surface area contributed by atoms with Crippen molar-refractivity contribution < 1.29 is 14.5 Å². The number of benzene rings is 1. The predicted molar refractivity (Wildman–Crippen MR) is 84.7 cm³/mol. The van der Waals surface area contributed by atoms with Gasteiger partial charge in [0.25, 0.3) is 5.69 Å². The Morgan fingerprint density at radius 2 is 2.30 bits per heavy atom. The number of aryl methyl sites for hydroxylation is 1. The molecule has 122 valence electrons. The molecule has 1 aromatic heterocycles. The molecule has 0 atom stereocenters. The van der Waals surface area contributed by atoms with E-state index in [2.05, 4.69) is 10.4 Å². The molecule has 1 amide bonds. The molecule has 8 nitrogen and oxygen atoms in total. The number of carbonyl (C=O) groups excluding carboxylic acids is 1. The highest BCUT2D eigenvalue weighted by Crippen LogP contribution is 2.29. The first-order chi connectivity index (χ1) is 11.0. The maximum atomic E-state index is 11.9. The normalized spacial score (nSPS) is 10.3. The fraction of sp³-hybridized carbons (Fsp3) is 0.286. The Morgan fingerprint density at radius 3 is 2.91 bits per heavy atom. The molecule has 0 saturated carbocycles. The number of halogens is 1. The molecule has 0 bridgehead atoms. The largest absolute Gasteiger partial charge is 0.494 e. The lowest BCUT2D eigenvalue weighted by atomic mass is 10.2. The maximum Gasteiger partial charge on any atom is 0.296 e. The van der Waals surface area contributed by atoms with E-state index in [-0.39, 0.29) is 23.7 Å². The number of carbonyl (C=O) groups is 1. The SMILES string of the molecule is CCOc1ccc(NC(=O)CCn2cc(Cl)cn2)c([N+](=O)[O-])c1. The smallest absolute Gasteiger partial charge is 0.296 e. The Kier molecular flexibility index (Phi) is 5.53. The summed E-state index contributed by atoms with van der Waals surface area (Å²) in [5, 5.41) is 18.1. The van der Waals surface area contributed by atoms with Crippen LogP contribution in [-0.4, -0.2) is 27.2 Å². The monoisotopic (exact) mass is 338 g/mol. The summed E-state index contributed by atoms with van der Waals surface area (Å²) in [6.07, 6.45) is 3.17. The van der Waals surface area contributed by atoms with E-state index in [1.54, 1.807) is 19.2 Å². The molecule has 1 N–H and O–H groups in total. The lowest BCUT2D eigenvalue weighted by Gasteiger charge is -2.08. The van der Waals surface area contributed by atoms with Gasteiger partial charge in [-0.2, -0.15) is 5.10 Å². The van der Waals surface area contributed by atoms with Crippen LogP contribution in [0.3, 0.4) is 0 Å². The minimum atomic E-state index is -0.564. The van der Waals surface area contributed by atoms with Gasteiger partial charge in [0.2, 0.25) is 5.91 Å². The second kappa shape index (κ2) is 7.59. The Labute approximate surface area is 137 Å². The zero-order valence-electron chi connectivity index (χ0n) is 12.4. The molecular formula is C14H15ClN4O4.